The molecule has 4 nitrogen and oxygen atoms in total. The molecule has 0 radical (unpaired) electrons. The molecule has 1 aliphatic rings. The third kappa shape index (κ3) is 3.46. The number of hydrogen-bond acceptors (Lipinski definition) is 2. The van der Waals surface area contributed by atoms with Crippen molar-refractivity contribution < 1.29 is 9.59 Å². The second kappa shape index (κ2) is 7.73. The maximum absolute atomic E-state index is 12.9. The van der Waals surface area contributed by atoms with Gasteiger partial charge < -0.3 is 11.1 Å². The molecular weight excluding hydrogens is 384 g/mol. The molecule has 0 bridgehead atoms. The molecule has 1 atom stereocenters. The number of benzene rings is 4. The molecule has 0 saturated heterocycles. The van der Waals surface area contributed by atoms with E-state index >= 15 is 0 Å². The highest BCUT2D eigenvalue weighted by Gasteiger charge is 2.37. The Morgan fingerprint density at radius 1 is 0.774 bits per heavy atom. The lowest BCUT2D eigenvalue weighted by molar-refractivity contribution is -0.127. The van der Waals surface area contributed by atoms with Gasteiger partial charge in [0.2, 0.25) is 11.8 Å². The molecule has 0 spiro atoms. The fourth-order valence-electron chi connectivity index (χ4n) is 4.63. The Morgan fingerprint density at radius 3 is 2.00 bits per heavy atom. The minimum Gasteiger partial charge on any atom is -0.368 e. The lowest BCUT2D eigenvalue weighted by Gasteiger charge is -2.24. The van der Waals surface area contributed by atoms with Gasteiger partial charge in [-0.25, -0.2) is 0 Å². The molecule has 0 aromatic heterocycles. The van der Waals surface area contributed by atoms with Gasteiger partial charge in [0, 0.05) is 5.92 Å². The first-order valence-corrected chi connectivity index (χ1v) is 10.4. The van der Waals surface area contributed by atoms with Gasteiger partial charge in [-0.05, 0) is 38.6 Å². The molecule has 5 rings (SSSR count). The van der Waals surface area contributed by atoms with E-state index in [0.717, 1.165) is 38.6 Å². The molecule has 0 saturated carbocycles. The van der Waals surface area contributed by atoms with E-state index in [0.29, 0.717) is 0 Å². The number of nitrogens with two attached hydrogens (primary N) is 1. The normalized spacial score (nSPS) is 13.4. The highest BCUT2D eigenvalue weighted by molar-refractivity contribution is 5.92. The smallest absolute Gasteiger partial charge is 0.240 e. The molecule has 31 heavy (non-hydrogen) atoms. The largest absolute Gasteiger partial charge is 0.368 e. The van der Waals surface area contributed by atoms with Gasteiger partial charge in [-0.2, -0.15) is 0 Å². The highest BCUT2D eigenvalue weighted by Crippen LogP contribution is 2.46. The molecule has 0 unspecified atom stereocenters. The van der Waals surface area contributed by atoms with E-state index in [4.69, 9.17) is 5.73 Å². The van der Waals surface area contributed by atoms with E-state index in [1.807, 2.05) is 91.0 Å². The van der Waals surface area contributed by atoms with Crippen LogP contribution in [0, 0.1) is 0 Å². The molecular formula is C27H22N2O2. The van der Waals surface area contributed by atoms with E-state index in [2.05, 4.69) is 5.32 Å². The summed E-state index contributed by atoms with van der Waals surface area (Å²) in [6.45, 7) is 0. The molecule has 4 aromatic rings. The van der Waals surface area contributed by atoms with Crippen molar-refractivity contribution in [3.63, 3.8) is 0 Å². The quantitative estimate of drug-likeness (QED) is 0.522. The van der Waals surface area contributed by atoms with Crippen molar-refractivity contribution in [2.45, 2.75) is 18.4 Å². The van der Waals surface area contributed by atoms with E-state index in [1.165, 1.54) is 0 Å². The van der Waals surface area contributed by atoms with E-state index < -0.39 is 11.9 Å². The fourth-order valence-corrected chi connectivity index (χ4v) is 4.63. The Bertz CT molecular complexity index is 1270. The van der Waals surface area contributed by atoms with Gasteiger partial charge in [-0.3, -0.25) is 9.59 Å². The standard InChI is InChI=1S/C27H22N2O2/c28-27(31)26(25-22-11-5-3-9-20(22)21-10-4-6-12-23(21)25)29-24(30)16-17-13-14-18-7-1-2-8-19(18)15-17/h1-15,25-26H,16H2,(H2,28,31)(H,29,30)/t26-/m1/s1. The monoisotopic (exact) mass is 406 g/mol. The summed E-state index contributed by atoms with van der Waals surface area (Å²) >= 11 is 0. The summed E-state index contributed by atoms with van der Waals surface area (Å²) in [4.78, 5) is 25.4. The van der Waals surface area contributed by atoms with Crippen molar-refractivity contribution in [1.82, 2.24) is 5.32 Å². The summed E-state index contributed by atoms with van der Waals surface area (Å²) in [5, 5.41) is 5.13. The SMILES string of the molecule is NC(=O)[C@H](NC(=O)Cc1ccc2ccccc2c1)C1c2ccccc2-c2ccccc21. The molecule has 0 aliphatic heterocycles. The summed E-state index contributed by atoms with van der Waals surface area (Å²) < 4.78 is 0. The van der Waals surface area contributed by atoms with Crippen molar-refractivity contribution in [2.24, 2.45) is 5.73 Å². The molecule has 4 heteroatoms. The molecule has 152 valence electrons. The number of amides is 2. The summed E-state index contributed by atoms with van der Waals surface area (Å²) in [5.41, 5.74) is 10.9. The number of rotatable bonds is 5. The Balaban J connectivity index is 1.44. The lowest BCUT2D eigenvalue weighted by Crippen LogP contribution is -2.48. The van der Waals surface area contributed by atoms with Gasteiger partial charge in [-0.1, -0.05) is 91.0 Å². The topological polar surface area (TPSA) is 72.2 Å². The summed E-state index contributed by atoms with van der Waals surface area (Å²) in [6, 6.07) is 29.1. The van der Waals surface area contributed by atoms with Crippen molar-refractivity contribution in [1.29, 1.82) is 0 Å². The highest BCUT2D eigenvalue weighted by atomic mass is 16.2. The number of carbonyl (C=O) groups is 2. The number of carbonyl (C=O) groups excluding carboxylic acids is 2. The molecule has 0 fully saturated rings. The van der Waals surface area contributed by atoms with Crippen LogP contribution >= 0.6 is 0 Å². The molecule has 0 heterocycles. The van der Waals surface area contributed by atoms with Crippen LogP contribution in [-0.2, 0) is 16.0 Å². The minimum absolute atomic E-state index is 0.185. The zero-order valence-corrected chi connectivity index (χ0v) is 16.9. The van der Waals surface area contributed by atoms with Crippen LogP contribution in [0.4, 0.5) is 0 Å². The van der Waals surface area contributed by atoms with Gasteiger partial charge in [-0.15, -0.1) is 0 Å². The van der Waals surface area contributed by atoms with E-state index in [-0.39, 0.29) is 18.2 Å². The van der Waals surface area contributed by atoms with Crippen molar-refractivity contribution in [3.05, 3.63) is 108 Å². The number of hydrogen-bond donors (Lipinski definition) is 2. The first-order valence-electron chi connectivity index (χ1n) is 10.4. The third-order valence-electron chi connectivity index (χ3n) is 6.02. The van der Waals surface area contributed by atoms with Crippen LogP contribution in [0.3, 0.4) is 0 Å². The van der Waals surface area contributed by atoms with Crippen molar-refractivity contribution >= 4 is 22.6 Å². The second-order valence-electron chi connectivity index (χ2n) is 7.96. The average Bonchev–Trinajstić information content (AvgIpc) is 3.11. The molecule has 4 aromatic carbocycles. The molecule has 2 amide bonds. The van der Waals surface area contributed by atoms with Crippen LogP contribution < -0.4 is 11.1 Å². The van der Waals surface area contributed by atoms with Crippen LogP contribution in [0.2, 0.25) is 0 Å². The average molecular weight is 406 g/mol. The number of fused-ring (bicyclic) bond motifs is 4. The van der Waals surface area contributed by atoms with Crippen LogP contribution in [0.1, 0.15) is 22.6 Å². The van der Waals surface area contributed by atoms with Crippen molar-refractivity contribution in [2.75, 3.05) is 0 Å². The Hall–Kier alpha value is -3.92. The van der Waals surface area contributed by atoms with Gasteiger partial charge in [0.15, 0.2) is 0 Å². The van der Waals surface area contributed by atoms with E-state index in [1.54, 1.807) is 0 Å². The zero-order valence-electron chi connectivity index (χ0n) is 16.9. The second-order valence-corrected chi connectivity index (χ2v) is 7.96. The molecule has 1 aliphatic carbocycles. The third-order valence-corrected chi connectivity index (χ3v) is 6.02. The molecule has 3 N–H and O–H groups in total. The Labute approximate surface area is 180 Å². The van der Waals surface area contributed by atoms with Gasteiger partial charge in [0.05, 0.1) is 6.42 Å². The number of nitrogens with one attached hydrogen (secondary N) is 1. The predicted molar refractivity (Wildman–Crippen MR) is 122 cm³/mol. The minimum atomic E-state index is -0.822. The van der Waals surface area contributed by atoms with Crippen molar-refractivity contribution in [3.8, 4) is 11.1 Å². The van der Waals surface area contributed by atoms with Crippen LogP contribution in [-0.4, -0.2) is 17.9 Å². The Kier molecular flexibility index (Phi) is 4.75. The summed E-state index contributed by atoms with van der Waals surface area (Å²) in [7, 11) is 0. The summed E-state index contributed by atoms with van der Waals surface area (Å²) in [6.07, 6.45) is 0.185. The fraction of sp³-hybridized carbons (Fsp3) is 0.111. The summed E-state index contributed by atoms with van der Waals surface area (Å²) in [5.74, 6) is -1.06. The number of primary amides is 1. The first kappa shape index (κ1) is 19.1. The van der Waals surface area contributed by atoms with Gasteiger partial charge >= 0.3 is 0 Å². The van der Waals surface area contributed by atoms with Gasteiger partial charge in [0.25, 0.3) is 0 Å². The first-order chi connectivity index (χ1) is 15.1. The maximum Gasteiger partial charge on any atom is 0.240 e. The van der Waals surface area contributed by atoms with Crippen LogP contribution in [0.15, 0.2) is 91.0 Å². The van der Waals surface area contributed by atoms with Crippen LogP contribution in [0.25, 0.3) is 21.9 Å². The van der Waals surface area contributed by atoms with Crippen LogP contribution in [0.5, 0.6) is 0 Å². The predicted octanol–water partition coefficient (Wildman–Crippen LogP) is 4.16. The zero-order chi connectivity index (χ0) is 21.4. The maximum atomic E-state index is 12.9. The Morgan fingerprint density at radius 2 is 1.35 bits per heavy atom. The van der Waals surface area contributed by atoms with Gasteiger partial charge in [0.1, 0.15) is 6.04 Å². The lowest BCUT2D eigenvalue weighted by atomic mass is 9.88. The van der Waals surface area contributed by atoms with E-state index in [9.17, 15) is 9.59 Å².